The molecule has 0 fully saturated rings. The maximum absolute atomic E-state index is 10.8. The molecular formula is C18H14N2O2. The van der Waals surface area contributed by atoms with E-state index in [0.717, 1.165) is 22.5 Å². The van der Waals surface area contributed by atoms with Crippen LogP contribution in [-0.2, 0) is 0 Å². The van der Waals surface area contributed by atoms with Gasteiger partial charge in [0.05, 0.1) is 4.92 Å². The van der Waals surface area contributed by atoms with Crippen molar-refractivity contribution in [3.63, 3.8) is 0 Å². The van der Waals surface area contributed by atoms with Crippen LogP contribution < -0.4 is 5.32 Å². The van der Waals surface area contributed by atoms with Crippen LogP contribution in [0.1, 0.15) is 0 Å². The Bertz CT molecular complexity index is 784. The third-order valence-corrected chi connectivity index (χ3v) is 3.37. The molecule has 0 aliphatic heterocycles. The average Bonchev–Trinajstić information content (AvgIpc) is 2.56. The Labute approximate surface area is 128 Å². The Morgan fingerprint density at radius 2 is 1.41 bits per heavy atom. The number of hydrogen-bond donors (Lipinski definition) is 1. The summed E-state index contributed by atoms with van der Waals surface area (Å²) >= 11 is 0. The first-order chi connectivity index (χ1) is 10.7. The van der Waals surface area contributed by atoms with Crippen LogP contribution in [-0.4, -0.2) is 4.92 Å². The van der Waals surface area contributed by atoms with Gasteiger partial charge in [-0.2, -0.15) is 0 Å². The summed E-state index contributed by atoms with van der Waals surface area (Å²) in [5.74, 6) is 0. The monoisotopic (exact) mass is 290 g/mol. The van der Waals surface area contributed by atoms with Crippen LogP contribution in [0.2, 0.25) is 0 Å². The molecule has 1 N–H and O–H groups in total. The summed E-state index contributed by atoms with van der Waals surface area (Å²) in [5.41, 5.74) is 3.99. The number of rotatable bonds is 4. The minimum Gasteiger partial charge on any atom is -0.355 e. The van der Waals surface area contributed by atoms with Crippen molar-refractivity contribution in [3.05, 3.63) is 89.0 Å². The highest BCUT2D eigenvalue weighted by molar-refractivity contribution is 5.81. The van der Waals surface area contributed by atoms with Crippen LogP contribution >= 0.6 is 0 Å². The van der Waals surface area contributed by atoms with Gasteiger partial charge in [0, 0.05) is 29.1 Å². The summed E-state index contributed by atoms with van der Waals surface area (Å²) in [4.78, 5) is 10.4. The maximum atomic E-state index is 10.8. The minimum atomic E-state index is -0.391. The molecule has 0 heterocycles. The van der Waals surface area contributed by atoms with Crippen molar-refractivity contribution in [2.24, 2.45) is 0 Å². The molecule has 3 aromatic carbocycles. The molecule has 0 aromatic heterocycles. The van der Waals surface area contributed by atoms with Crippen LogP contribution in [0.15, 0.2) is 78.9 Å². The lowest BCUT2D eigenvalue weighted by Gasteiger charge is -2.12. The zero-order chi connectivity index (χ0) is 15.4. The molecule has 0 unspecified atom stereocenters. The van der Waals surface area contributed by atoms with E-state index >= 15 is 0 Å². The number of hydrogen-bond acceptors (Lipinski definition) is 3. The first-order valence-corrected chi connectivity index (χ1v) is 6.90. The number of anilines is 2. The Hall–Kier alpha value is -3.14. The third-order valence-electron chi connectivity index (χ3n) is 3.37. The summed E-state index contributed by atoms with van der Waals surface area (Å²) in [6, 6.07) is 24.4. The van der Waals surface area contributed by atoms with Crippen molar-refractivity contribution in [1.29, 1.82) is 0 Å². The van der Waals surface area contributed by atoms with E-state index in [1.54, 1.807) is 12.1 Å². The summed E-state index contributed by atoms with van der Waals surface area (Å²) in [6.07, 6.45) is 0. The molecule has 0 saturated heterocycles. The van der Waals surface area contributed by atoms with E-state index in [2.05, 4.69) is 5.32 Å². The number of para-hydroxylation sites is 2. The molecular weight excluding hydrogens is 276 g/mol. The molecule has 3 rings (SSSR count). The first-order valence-electron chi connectivity index (χ1n) is 6.90. The van der Waals surface area contributed by atoms with Gasteiger partial charge in [-0.25, -0.2) is 0 Å². The summed E-state index contributed by atoms with van der Waals surface area (Å²) < 4.78 is 0. The van der Waals surface area contributed by atoms with E-state index < -0.39 is 4.92 Å². The lowest BCUT2D eigenvalue weighted by Crippen LogP contribution is -1.93. The summed E-state index contributed by atoms with van der Waals surface area (Å²) in [7, 11) is 0. The van der Waals surface area contributed by atoms with Crippen LogP contribution in [0, 0.1) is 10.1 Å². The molecule has 0 aliphatic carbocycles. The third kappa shape index (κ3) is 2.96. The predicted octanol–water partition coefficient (Wildman–Crippen LogP) is 5.01. The van der Waals surface area contributed by atoms with Crippen LogP contribution in [0.25, 0.3) is 11.1 Å². The Balaban J connectivity index is 1.95. The first kappa shape index (κ1) is 13.8. The topological polar surface area (TPSA) is 55.2 Å². The van der Waals surface area contributed by atoms with Crippen molar-refractivity contribution in [3.8, 4) is 11.1 Å². The predicted molar refractivity (Wildman–Crippen MR) is 88.3 cm³/mol. The van der Waals surface area contributed by atoms with Gasteiger partial charge < -0.3 is 5.32 Å². The number of nitrogens with zero attached hydrogens (tertiary/aromatic N) is 1. The highest BCUT2D eigenvalue weighted by Gasteiger charge is 2.08. The van der Waals surface area contributed by atoms with E-state index in [4.69, 9.17) is 0 Å². The van der Waals surface area contributed by atoms with Crippen molar-refractivity contribution in [2.45, 2.75) is 0 Å². The SMILES string of the molecule is O=[N+]([O-])c1ccc(-c2ccccc2Nc2ccccc2)cc1. The highest BCUT2D eigenvalue weighted by atomic mass is 16.6. The van der Waals surface area contributed by atoms with Gasteiger partial charge in [0.15, 0.2) is 0 Å². The highest BCUT2D eigenvalue weighted by Crippen LogP contribution is 2.31. The van der Waals surface area contributed by atoms with Crippen molar-refractivity contribution in [1.82, 2.24) is 0 Å². The van der Waals surface area contributed by atoms with E-state index in [-0.39, 0.29) is 5.69 Å². The molecule has 22 heavy (non-hydrogen) atoms. The van der Waals surface area contributed by atoms with Crippen LogP contribution in [0.3, 0.4) is 0 Å². The quantitative estimate of drug-likeness (QED) is 0.543. The second-order valence-electron chi connectivity index (χ2n) is 4.84. The fraction of sp³-hybridized carbons (Fsp3) is 0. The van der Waals surface area contributed by atoms with Gasteiger partial charge in [0.25, 0.3) is 5.69 Å². The van der Waals surface area contributed by atoms with E-state index in [9.17, 15) is 10.1 Å². The van der Waals surface area contributed by atoms with Crippen LogP contribution in [0.4, 0.5) is 17.1 Å². The lowest BCUT2D eigenvalue weighted by atomic mass is 10.0. The average molecular weight is 290 g/mol. The van der Waals surface area contributed by atoms with Gasteiger partial charge in [-0.3, -0.25) is 10.1 Å². The molecule has 0 aliphatic rings. The largest absolute Gasteiger partial charge is 0.355 e. The summed E-state index contributed by atoms with van der Waals surface area (Å²) in [6.45, 7) is 0. The minimum absolute atomic E-state index is 0.0947. The Kier molecular flexibility index (Phi) is 3.83. The van der Waals surface area contributed by atoms with Gasteiger partial charge in [0.1, 0.15) is 0 Å². The molecule has 0 atom stereocenters. The Morgan fingerprint density at radius 3 is 2.09 bits per heavy atom. The second-order valence-corrected chi connectivity index (χ2v) is 4.84. The van der Waals surface area contributed by atoms with Gasteiger partial charge in [-0.05, 0) is 35.9 Å². The van der Waals surface area contributed by atoms with Gasteiger partial charge in [0.2, 0.25) is 0 Å². The number of non-ortho nitro benzene ring substituents is 1. The van der Waals surface area contributed by atoms with E-state index in [0.29, 0.717) is 0 Å². The maximum Gasteiger partial charge on any atom is 0.269 e. The molecule has 4 heteroatoms. The van der Waals surface area contributed by atoms with Crippen LogP contribution in [0.5, 0.6) is 0 Å². The zero-order valence-electron chi connectivity index (χ0n) is 11.8. The summed E-state index contributed by atoms with van der Waals surface area (Å²) in [5, 5.41) is 14.1. The number of benzene rings is 3. The molecule has 4 nitrogen and oxygen atoms in total. The molecule has 3 aromatic rings. The van der Waals surface area contributed by atoms with Crippen molar-refractivity contribution >= 4 is 17.1 Å². The standard InChI is InChI=1S/C18H14N2O2/c21-20(22)16-12-10-14(11-13-16)17-8-4-5-9-18(17)19-15-6-2-1-3-7-15/h1-13,19H. The number of nitro groups is 1. The normalized spacial score (nSPS) is 10.2. The molecule has 0 saturated carbocycles. The van der Waals surface area contributed by atoms with Gasteiger partial charge >= 0.3 is 0 Å². The fourth-order valence-corrected chi connectivity index (χ4v) is 2.28. The molecule has 108 valence electrons. The van der Waals surface area contributed by atoms with E-state index in [1.165, 1.54) is 12.1 Å². The molecule has 0 radical (unpaired) electrons. The molecule has 0 spiro atoms. The molecule has 0 amide bonds. The number of nitro benzene ring substituents is 1. The molecule has 0 bridgehead atoms. The van der Waals surface area contributed by atoms with Crippen molar-refractivity contribution < 1.29 is 4.92 Å². The van der Waals surface area contributed by atoms with Gasteiger partial charge in [-0.15, -0.1) is 0 Å². The lowest BCUT2D eigenvalue weighted by molar-refractivity contribution is -0.384. The van der Waals surface area contributed by atoms with Crippen molar-refractivity contribution in [2.75, 3.05) is 5.32 Å². The second kappa shape index (κ2) is 6.10. The smallest absolute Gasteiger partial charge is 0.269 e. The number of nitrogens with one attached hydrogen (secondary N) is 1. The Morgan fingerprint density at radius 1 is 0.773 bits per heavy atom. The zero-order valence-corrected chi connectivity index (χ0v) is 11.8. The fourth-order valence-electron chi connectivity index (χ4n) is 2.28. The van der Waals surface area contributed by atoms with Gasteiger partial charge in [-0.1, -0.05) is 36.4 Å². The van der Waals surface area contributed by atoms with E-state index in [1.807, 2.05) is 54.6 Å².